The third kappa shape index (κ3) is 5.56. The predicted molar refractivity (Wildman–Crippen MR) is 143 cm³/mol. The largest absolute Gasteiger partial charge is 0.493 e. The van der Waals surface area contributed by atoms with Crippen LogP contribution in [-0.4, -0.2) is 51.3 Å². The summed E-state index contributed by atoms with van der Waals surface area (Å²) in [6.45, 7) is 1.85. The molecule has 1 atom stereocenters. The number of rotatable bonds is 9. The summed E-state index contributed by atoms with van der Waals surface area (Å²) in [5, 5.41) is 0. The molecule has 3 aromatic carbocycles. The molecular weight excluding hydrogens is 560 g/mol. The first-order valence-electron chi connectivity index (χ1n) is 11.6. The van der Waals surface area contributed by atoms with Gasteiger partial charge < -0.3 is 9.47 Å². The Kier molecular flexibility index (Phi) is 8.01. The molecule has 0 aliphatic carbocycles. The van der Waals surface area contributed by atoms with Gasteiger partial charge in [-0.2, -0.15) is 4.31 Å². The first-order valence-corrected chi connectivity index (χ1v) is 13.8. The summed E-state index contributed by atoms with van der Waals surface area (Å²) in [7, 11) is -1.04. The molecule has 1 unspecified atom stereocenters. The van der Waals surface area contributed by atoms with E-state index in [1.54, 1.807) is 48.5 Å². The lowest BCUT2D eigenvalue weighted by atomic mass is 10.1. The molecule has 1 fully saturated rings. The topological polar surface area (TPSA) is 93.2 Å². The van der Waals surface area contributed by atoms with E-state index in [2.05, 4.69) is 15.9 Å². The smallest absolute Gasteiger partial charge is 0.252 e. The van der Waals surface area contributed by atoms with Gasteiger partial charge in [0, 0.05) is 11.0 Å². The van der Waals surface area contributed by atoms with Crippen molar-refractivity contribution in [2.45, 2.75) is 30.7 Å². The molecule has 8 nitrogen and oxygen atoms in total. The molecule has 4 rings (SSSR count). The number of hydrogen-bond acceptors (Lipinski definition) is 6. The number of sulfonamides is 1. The second-order valence-corrected chi connectivity index (χ2v) is 11.4. The monoisotopic (exact) mass is 586 g/mol. The van der Waals surface area contributed by atoms with Crippen molar-refractivity contribution in [1.29, 1.82) is 0 Å². The molecular formula is C27H27BrN2O6S. The lowest BCUT2D eigenvalue weighted by Crippen LogP contribution is -2.46. The van der Waals surface area contributed by atoms with Crippen LogP contribution in [0.15, 0.2) is 76.1 Å². The second kappa shape index (κ2) is 11.0. The van der Waals surface area contributed by atoms with Gasteiger partial charge in [-0.3, -0.25) is 9.59 Å². The minimum atomic E-state index is -4.10. The normalized spacial score (nSPS) is 15.9. The van der Waals surface area contributed by atoms with Gasteiger partial charge in [-0.25, -0.2) is 13.3 Å². The van der Waals surface area contributed by atoms with Crippen LogP contribution in [0.4, 0.5) is 5.69 Å². The summed E-state index contributed by atoms with van der Waals surface area (Å²) < 4.78 is 40.2. The lowest BCUT2D eigenvalue weighted by Gasteiger charge is -2.27. The summed E-state index contributed by atoms with van der Waals surface area (Å²) in [6, 6.07) is 17.3. The van der Waals surface area contributed by atoms with Gasteiger partial charge >= 0.3 is 0 Å². The predicted octanol–water partition coefficient (Wildman–Crippen LogP) is 4.34. The molecule has 0 N–H and O–H groups in total. The Labute approximate surface area is 225 Å². The number of hydrogen-bond donors (Lipinski definition) is 0. The lowest BCUT2D eigenvalue weighted by molar-refractivity contribution is -0.122. The number of amides is 2. The van der Waals surface area contributed by atoms with E-state index in [9.17, 15) is 18.0 Å². The maximum Gasteiger partial charge on any atom is 0.252 e. The van der Waals surface area contributed by atoms with Crippen LogP contribution in [0.25, 0.3) is 0 Å². The van der Waals surface area contributed by atoms with Crippen molar-refractivity contribution in [2.24, 2.45) is 0 Å². The molecule has 0 saturated carbocycles. The average molecular weight is 587 g/mol. The maximum atomic E-state index is 13.8. The van der Waals surface area contributed by atoms with Crippen LogP contribution < -0.4 is 14.4 Å². The molecule has 194 valence electrons. The van der Waals surface area contributed by atoms with Gasteiger partial charge in [0.05, 0.1) is 31.2 Å². The summed E-state index contributed by atoms with van der Waals surface area (Å²) in [6.07, 6.45) is 0.0492. The molecule has 2 amide bonds. The van der Waals surface area contributed by atoms with E-state index in [1.807, 2.05) is 13.0 Å². The molecule has 1 heterocycles. The summed E-state index contributed by atoms with van der Waals surface area (Å²) in [5.74, 6) is 0.0430. The van der Waals surface area contributed by atoms with E-state index < -0.39 is 27.9 Å². The Hall–Kier alpha value is -3.21. The molecule has 1 saturated heterocycles. The number of aryl methyl sites for hydroxylation is 1. The highest BCUT2D eigenvalue weighted by atomic mass is 79.9. The van der Waals surface area contributed by atoms with Gasteiger partial charge in [0.15, 0.2) is 11.5 Å². The van der Waals surface area contributed by atoms with Crippen molar-refractivity contribution < 1.29 is 27.5 Å². The first kappa shape index (κ1) is 26.8. The van der Waals surface area contributed by atoms with Crippen LogP contribution in [0.5, 0.6) is 11.5 Å². The number of anilines is 1. The van der Waals surface area contributed by atoms with Crippen LogP contribution in [0.2, 0.25) is 0 Å². The van der Waals surface area contributed by atoms with Crippen molar-refractivity contribution in [1.82, 2.24) is 4.31 Å². The minimum absolute atomic E-state index is 0.0104. The third-order valence-corrected chi connectivity index (χ3v) is 8.70. The Morgan fingerprint density at radius 2 is 1.59 bits per heavy atom. The SMILES string of the molecule is COc1ccc(CCN(C2CC(=O)N(c3ccc(Br)cc3)C2=O)S(=O)(=O)c2ccc(C)cc2)cc1OC. The Balaban J connectivity index is 1.69. The van der Waals surface area contributed by atoms with Crippen LogP contribution in [0.3, 0.4) is 0 Å². The van der Waals surface area contributed by atoms with E-state index >= 15 is 0 Å². The fraction of sp³-hybridized carbons (Fsp3) is 0.259. The molecule has 3 aromatic rings. The van der Waals surface area contributed by atoms with Crippen molar-refractivity contribution in [2.75, 3.05) is 25.7 Å². The van der Waals surface area contributed by atoms with Crippen molar-refractivity contribution in [3.05, 3.63) is 82.3 Å². The zero-order valence-electron chi connectivity index (χ0n) is 20.7. The van der Waals surface area contributed by atoms with Crippen LogP contribution in [-0.2, 0) is 26.0 Å². The standard InChI is InChI=1S/C27H27BrN2O6S/c1-18-4-11-22(12-5-18)37(33,34)29(15-14-19-6-13-24(35-2)25(16-19)36-3)23-17-26(31)30(27(23)32)21-9-7-20(28)8-10-21/h4-13,16,23H,14-15,17H2,1-3H3. The summed E-state index contributed by atoms with van der Waals surface area (Å²) in [5.41, 5.74) is 2.10. The molecule has 10 heteroatoms. The minimum Gasteiger partial charge on any atom is -0.493 e. The number of carbonyl (C=O) groups is 2. The number of benzene rings is 3. The maximum absolute atomic E-state index is 13.8. The van der Waals surface area contributed by atoms with E-state index in [4.69, 9.17) is 9.47 Å². The Morgan fingerprint density at radius 3 is 2.22 bits per heavy atom. The molecule has 0 spiro atoms. The van der Waals surface area contributed by atoms with E-state index in [1.165, 1.54) is 26.4 Å². The fourth-order valence-electron chi connectivity index (χ4n) is 4.27. The molecule has 1 aliphatic rings. The van der Waals surface area contributed by atoms with E-state index in [0.29, 0.717) is 23.6 Å². The second-order valence-electron chi connectivity index (χ2n) is 8.63. The van der Waals surface area contributed by atoms with Gasteiger partial charge in [-0.1, -0.05) is 39.7 Å². The molecule has 1 aliphatic heterocycles. The van der Waals surface area contributed by atoms with Gasteiger partial charge in [-0.05, 0) is 67.4 Å². The number of nitrogens with zero attached hydrogens (tertiary/aromatic N) is 2. The van der Waals surface area contributed by atoms with Crippen LogP contribution in [0.1, 0.15) is 17.5 Å². The molecule has 0 bridgehead atoms. The first-order chi connectivity index (χ1) is 17.6. The van der Waals surface area contributed by atoms with Crippen LogP contribution in [0, 0.1) is 6.92 Å². The number of carbonyl (C=O) groups excluding carboxylic acids is 2. The zero-order chi connectivity index (χ0) is 26.7. The van der Waals surface area contributed by atoms with Crippen molar-refractivity contribution >= 4 is 43.5 Å². The van der Waals surface area contributed by atoms with Gasteiger partial charge in [0.1, 0.15) is 6.04 Å². The summed E-state index contributed by atoms with van der Waals surface area (Å²) in [4.78, 5) is 27.6. The molecule has 0 aromatic heterocycles. The van der Waals surface area contributed by atoms with Gasteiger partial charge in [0.25, 0.3) is 5.91 Å². The van der Waals surface area contributed by atoms with Crippen LogP contribution >= 0.6 is 15.9 Å². The van der Waals surface area contributed by atoms with Gasteiger partial charge in [-0.15, -0.1) is 0 Å². The molecule has 37 heavy (non-hydrogen) atoms. The zero-order valence-corrected chi connectivity index (χ0v) is 23.1. The van der Waals surface area contributed by atoms with Crippen molar-refractivity contribution in [3.63, 3.8) is 0 Å². The fourth-order valence-corrected chi connectivity index (χ4v) is 6.11. The quantitative estimate of drug-likeness (QED) is 0.346. The highest BCUT2D eigenvalue weighted by Gasteiger charge is 2.46. The average Bonchev–Trinajstić information content (AvgIpc) is 3.17. The third-order valence-electron chi connectivity index (χ3n) is 6.25. The highest BCUT2D eigenvalue weighted by molar-refractivity contribution is 9.10. The number of imide groups is 1. The van der Waals surface area contributed by atoms with E-state index in [0.717, 1.165) is 24.8 Å². The number of ether oxygens (including phenoxy) is 2. The van der Waals surface area contributed by atoms with E-state index in [-0.39, 0.29) is 17.9 Å². The molecule has 0 radical (unpaired) electrons. The number of halogens is 1. The van der Waals surface area contributed by atoms with Gasteiger partial charge in [0.2, 0.25) is 15.9 Å². The number of methoxy groups -OCH3 is 2. The Morgan fingerprint density at radius 1 is 0.946 bits per heavy atom. The Bertz CT molecular complexity index is 1410. The highest BCUT2D eigenvalue weighted by Crippen LogP contribution is 2.32. The summed E-state index contributed by atoms with van der Waals surface area (Å²) >= 11 is 3.35. The van der Waals surface area contributed by atoms with Crippen molar-refractivity contribution in [3.8, 4) is 11.5 Å².